The minimum absolute atomic E-state index is 0.129. The maximum absolute atomic E-state index is 10.8. The van der Waals surface area contributed by atoms with E-state index in [0.29, 0.717) is 13.1 Å². The van der Waals surface area contributed by atoms with Gasteiger partial charge in [-0.25, -0.2) is 9.13 Å². The minimum Gasteiger partial charge on any atom is -0.538 e. The highest BCUT2D eigenvalue weighted by atomic mass is 16.4. The lowest BCUT2D eigenvalue weighted by molar-refractivity contribution is -0.690. The van der Waals surface area contributed by atoms with Crippen molar-refractivity contribution in [2.75, 3.05) is 0 Å². The summed E-state index contributed by atoms with van der Waals surface area (Å²) in [5.41, 5.74) is 0. The van der Waals surface area contributed by atoms with Gasteiger partial charge in [0.25, 0.3) is 0 Å². The van der Waals surface area contributed by atoms with Gasteiger partial charge in [-0.1, -0.05) is 25.3 Å². The summed E-state index contributed by atoms with van der Waals surface area (Å²) in [6.45, 7) is 8.00. The number of nitrogens with zero attached hydrogens (tertiary/aromatic N) is 2. The highest BCUT2D eigenvalue weighted by molar-refractivity contribution is 5.79. The number of carbonyl (C=O) groups is 1. The number of carboxylic acids is 1. The van der Waals surface area contributed by atoms with Crippen molar-refractivity contribution in [3.8, 4) is 0 Å². The Labute approximate surface area is 82.4 Å². The molecular formula is C10H12N2O2. The predicted octanol–water partition coefficient (Wildman–Crippen LogP) is -0.489. The van der Waals surface area contributed by atoms with E-state index in [1.54, 1.807) is 33.7 Å². The fourth-order valence-electron chi connectivity index (χ4n) is 1.27. The molecule has 0 aliphatic heterocycles. The molecule has 0 aliphatic rings. The van der Waals surface area contributed by atoms with E-state index in [9.17, 15) is 9.90 Å². The molecular weight excluding hydrogens is 180 g/mol. The number of hydrogen-bond donors (Lipinski definition) is 0. The molecule has 0 N–H and O–H groups in total. The van der Waals surface area contributed by atoms with Crippen molar-refractivity contribution in [2.24, 2.45) is 0 Å². The van der Waals surface area contributed by atoms with E-state index >= 15 is 0 Å². The zero-order valence-electron chi connectivity index (χ0n) is 7.85. The molecule has 0 saturated carbocycles. The van der Waals surface area contributed by atoms with Gasteiger partial charge >= 0.3 is 5.82 Å². The van der Waals surface area contributed by atoms with Gasteiger partial charge in [0.15, 0.2) is 5.97 Å². The Morgan fingerprint density at radius 3 is 2.79 bits per heavy atom. The number of aromatic carboxylic acids is 1. The molecule has 0 bridgehead atoms. The lowest BCUT2D eigenvalue weighted by atomic mass is 10.5. The molecule has 0 unspecified atom stereocenters. The van der Waals surface area contributed by atoms with Crippen LogP contribution in [0.5, 0.6) is 0 Å². The molecule has 4 nitrogen and oxygen atoms in total. The highest BCUT2D eigenvalue weighted by Gasteiger charge is 2.15. The second kappa shape index (κ2) is 4.41. The molecule has 4 heteroatoms. The van der Waals surface area contributed by atoms with Crippen LogP contribution in [0.4, 0.5) is 0 Å². The van der Waals surface area contributed by atoms with Crippen molar-refractivity contribution in [3.05, 3.63) is 43.5 Å². The number of hydrogen-bond acceptors (Lipinski definition) is 2. The molecule has 0 fully saturated rings. The summed E-state index contributed by atoms with van der Waals surface area (Å²) < 4.78 is 3.12. The highest BCUT2D eigenvalue weighted by Crippen LogP contribution is 1.95. The Balaban J connectivity index is 3.12. The number of imidazole rings is 1. The first kappa shape index (κ1) is 10.2. The van der Waals surface area contributed by atoms with Gasteiger partial charge in [-0.3, -0.25) is 0 Å². The van der Waals surface area contributed by atoms with E-state index in [1.165, 1.54) is 0 Å². The molecule has 0 amide bonds. The molecule has 1 rings (SSSR count). The normalized spacial score (nSPS) is 9.71. The Bertz CT molecular complexity index is 339. The van der Waals surface area contributed by atoms with E-state index in [4.69, 9.17) is 0 Å². The number of rotatable bonds is 5. The van der Waals surface area contributed by atoms with Gasteiger partial charge in [0.1, 0.15) is 25.5 Å². The molecule has 14 heavy (non-hydrogen) atoms. The lowest BCUT2D eigenvalue weighted by Gasteiger charge is -2.01. The van der Waals surface area contributed by atoms with E-state index in [1.807, 2.05) is 0 Å². The van der Waals surface area contributed by atoms with Crippen LogP contribution in [0.15, 0.2) is 37.7 Å². The summed E-state index contributed by atoms with van der Waals surface area (Å²) >= 11 is 0. The van der Waals surface area contributed by atoms with Crippen LogP contribution >= 0.6 is 0 Å². The molecule has 1 aromatic rings. The van der Waals surface area contributed by atoms with E-state index in [2.05, 4.69) is 13.2 Å². The third-order valence-corrected chi connectivity index (χ3v) is 1.80. The van der Waals surface area contributed by atoms with Crippen molar-refractivity contribution in [1.29, 1.82) is 0 Å². The smallest absolute Gasteiger partial charge is 0.305 e. The third-order valence-electron chi connectivity index (χ3n) is 1.80. The number of carbonyl (C=O) groups excluding carboxylic acids is 1. The van der Waals surface area contributed by atoms with Gasteiger partial charge in [0.2, 0.25) is 0 Å². The van der Waals surface area contributed by atoms with Gasteiger partial charge in [0, 0.05) is 0 Å². The average molecular weight is 192 g/mol. The maximum atomic E-state index is 10.8. The first-order valence-corrected chi connectivity index (χ1v) is 4.22. The van der Waals surface area contributed by atoms with Crippen LogP contribution in [0.25, 0.3) is 0 Å². The van der Waals surface area contributed by atoms with Crippen LogP contribution in [-0.4, -0.2) is 10.5 Å². The summed E-state index contributed by atoms with van der Waals surface area (Å²) in [4.78, 5) is 10.8. The summed E-state index contributed by atoms with van der Waals surface area (Å²) in [7, 11) is 0. The summed E-state index contributed by atoms with van der Waals surface area (Å²) in [6, 6.07) is 0. The van der Waals surface area contributed by atoms with Gasteiger partial charge in [-0.2, -0.15) is 0 Å². The van der Waals surface area contributed by atoms with Crippen molar-refractivity contribution < 1.29 is 14.5 Å². The third kappa shape index (κ3) is 1.90. The van der Waals surface area contributed by atoms with Crippen LogP contribution in [0, 0.1) is 0 Å². The molecule has 1 aromatic heterocycles. The Morgan fingerprint density at radius 2 is 2.29 bits per heavy atom. The van der Waals surface area contributed by atoms with Crippen molar-refractivity contribution in [3.63, 3.8) is 0 Å². The molecule has 0 spiro atoms. The zero-order valence-corrected chi connectivity index (χ0v) is 7.85. The van der Waals surface area contributed by atoms with E-state index in [-0.39, 0.29) is 5.82 Å². The van der Waals surface area contributed by atoms with Gasteiger partial charge < -0.3 is 9.90 Å². The minimum atomic E-state index is -1.20. The van der Waals surface area contributed by atoms with Crippen molar-refractivity contribution in [2.45, 2.75) is 13.1 Å². The van der Waals surface area contributed by atoms with Crippen molar-refractivity contribution >= 4 is 5.97 Å². The van der Waals surface area contributed by atoms with E-state index in [0.717, 1.165) is 0 Å². The van der Waals surface area contributed by atoms with Gasteiger partial charge in [-0.15, -0.1) is 0 Å². The SMILES string of the molecule is C=CCn1cc[n+](CC=C)c1C(=O)[O-]. The van der Waals surface area contributed by atoms with Gasteiger partial charge in [0.05, 0.1) is 0 Å². The zero-order chi connectivity index (χ0) is 10.6. The maximum Gasteiger partial charge on any atom is 0.305 e. The second-order valence-corrected chi connectivity index (χ2v) is 2.79. The number of carboxylic acid groups (broad SMARTS) is 1. The molecule has 1 heterocycles. The van der Waals surface area contributed by atoms with Crippen LogP contribution < -0.4 is 9.67 Å². The van der Waals surface area contributed by atoms with Crippen LogP contribution in [0.2, 0.25) is 0 Å². The summed E-state index contributed by atoms with van der Waals surface area (Å²) in [5, 5.41) is 10.8. The van der Waals surface area contributed by atoms with Gasteiger partial charge in [-0.05, 0) is 0 Å². The first-order chi connectivity index (χ1) is 6.70. The summed E-state index contributed by atoms with van der Waals surface area (Å²) in [6.07, 6.45) is 6.61. The Morgan fingerprint density at radius 1 is 1.57 bits per heavy atom. The number of aromatic nitrogens is 2. The molecule has 0 aliphatic carbocycles. The topological polar surface area (TPSA) is 48.9 Å². The van der Waals surface area contributed by atoms with Crippen LogP contribution in [0.3, 0.4) is 0 Å². The molecule has 0 radical (unpaired) electrons. The lowest BCUT2D eigenvalue weighted by Crippen LogP contribution is -2.43. The first-order valence-electron chi connectivity index (χ1n) is 4.22. The largest absolute Gasteiger partial charge is 0.538 e. The summed E-state index contributed by atoms with van der Waals surface area (Å²) in [5.74, 6) is -1.07. The Kier molecular flexibility index (Phi) is 3.23. The van der Waals surface area contributed by atoms with Crippen LogP contribution in [-0.2, 0) is 13.1 Å². The van der Waals surface area contributed by atoms with Crippen LogP contribution in [0.1, 0.15) is 10.6 Å². The quantitative estimate of drug-likeness (QED) is 0.467. The van der Waals surface area contributed by atoms with Crippen molar-refractivity contribution in [1.82, 2.24) is 4.57 Å². The second-order valence-electron chi connectivity index (χ2n) is 2.79. The van der Waals surface area contributed by atoms with E-state index < -0.39 is 5.97 Å². The average Bonchev–Trinajstić information content (AvgIpc) is 2.49. The predicted molar refractivity (Wildman–Crippen MR) is 49.4 cm³/mol. The monoisotopic (exact) mass is 192 g/mol. The Hall–Kier alpha value is -1.84. The molecule has 0 aromatic carbocycles. The number of allylic oxidation sites excluding steroid dienone is 2. The standard InChI is InChI=1S/C10H12N2O2/c1-3-5-11-7-8-12(6-4-2)9(11)10(13)14/h3-4,7-8H,1-2,5-6H2. The molecule has 0 saturated heterocycles. The fraction of sp³-hybridized carbons (Fsp3) is 0.200. The molecule has 0 atom stereocenters. The fourth-order valence-corrected chi connectivity index (χ4v) is 1.27. The molecule has 74 valence electrons.